The van der Waals surface area contributed by atoms with E-state index in [0.717, 1.165) is 12.1 Å². The number of likely N-dealkylation sites (N-methyl/N-ethyl adjacent to an activating group) is 1. The van der Waals surface area contributed by atoms with Gasteiger partial charge in [0.05, 0.1) is 21.6 Å². The smallest absolute Gasteiger partial charge is 0.314 e. The SMILES string of the molecule is CN1C(=O)[C@](C)(CS(=O)(=O)c2ccccc2)c2cc(C(F)(F)F)ccc21. The minimum atomic E-state index is -4.58. The third-order valence-electron chi connectivity index (χ3n) is 4.64. The van der Waals surface area contributed by atoms with Crippen molar-refractivity contribution in [1.82, 2.24) is 0 Å². The molecule has 0 aliphatic carbocycles. The Morgan fingerprint density at radius 2 is 1.69 bits per heavy atom. The molecule has 1 aliphatic heterocycles. The maximum Gasteiger partial charge on any atom is 0.416 e. The number of sulfone groups is 1. The number of hydrogen-bond acceptors (Lipinski definition) is 3. The second-order valence-corrected chi connectivity index (χ2v) is 8.49. The Bertz CT molecular complexity index is 971. The first-order valence-electron chi connectivity index (χ1n) is 7.74. The highest BCUT2D eigenvalue weighted by atomic mass is 32.2. The third-order valence-corrected chi connectivity index (χ3v) is 6.59. The van der Waals surface area contributed by atoms with Gasteiger partial charge in [-0.05, 0) is 42.8 Å². The lowest BCUT2D eigenvalue weighted by Crippen LogP contribution is -2.41. The van der Waals surface area contributed by atoms with Gasteiger partial charge in [0.2, 0.25) is 5.91 Å². The number of benzene rings is 2. The van der Waals surface area contributed by atoms with E-state index in [4.69, 9.17) is 0 Å². The molecule has 26 heavy (non-hydrogen) atoms. The van der Waals surface area contributed by atoms with Crippen LogP contribution in [-0.2, 0) is 26.2 Å². The highest BCUT2D eigenvalue weighted by Gasteiger charge is 2.50. The van der Waals surface area contributed by atoms with Crippen molar-refractivity contribution in [1.29, 1.82) is 0 Å². The van der Waals surface area contributed by atoms with Crippen LogP contribution in [0.15, 0.2) is 53.4 Å². The molecule has 0 unspecified atom stereocenters. The molecule has 1 heterocycles. The van der Waals surface area contributed by atoms with E-state index in [1.165, 1.54) is 37.1 Å². The number of rotatable bonds is 3. The molecule has 0 fully saturated rings. The van der Waals surface area contributed by atoms with Gasteiger partial charge in [0, 0.05) is 12.7 Å². The monoisotopic (exact) mass is 383 g/mol. The van der Waals surface area contributed by atoms with E-state index in [-0.39, 0.29) is 16.1 Å². The fourth-order valence-corrected chi connectivity index (χ4v) is 5.05. The van der Waals surface area contributed by atoms with E-state index in [2.05, 4.69) is 0 Å². The molecule has 4 nitrogen and oxygen atoms in total. The summed E-state index contributed by atoms with van der Waals surface area (Å²) in [5.41, 5.74) is -2.16. The number of nitrogens with zero attached hydrogens (tertiary/aromatic N) is 1. The standard InChI is InChI=1S/C18H16F3NO3S/c1-17(11-26(24,25)13-6-4-3-5-7-13)14-10-12(18(19,20)21)8-9-15(14)22(2)16(17)23/h3-10H,11H2,1-2H3/t17-/m1/s1. The van der Waals surface area contributed by atoms with Crippen LogP contribution in [0.2, 0.25) is 0 Å². The molecule has 8 heteroatoms. The van der Waals surface area contributed by atoms with Gasteiger partial charge >= 0.3 is 6.18 Å². The molecule has 0 saturated carbocycles. The molecule has 0 N–H and O–H groups in total. The first-order chi connectivity index (χ1) is 12.0. The van der Waals surface area contributed by atoms with E-state index in [1.807, 2.05) is 0 Å². The number of alkyl halides is 3. The summed E-state index contributed by atoms with van der Waals surface area (Å²) in [6.07, 6.45) is -4.58. The van der Waals surface area contributed by atoms with Crippen LogP contribution in [0.4, 0.5) is 18.9 Å². The Balaban J connectivity index is 2.12. The number of hydrogen-bond donors (Lipinski definition) is 0. The predicted molar refractivity (Wildman–Crippen MR) is 90.7 cm³/mol. The van der Waals surface area contributed by atoms with E-state index in [1.54, 1.807) is 18.2 Å². The molecular formula is C18H16F3NO3S. The van der Waals surface area contributed by atoms with Crippen molar-refractivity contribution in [3.63, 3.8) is 0 Å². The van der Waals surface area contributed by atoms with Gasteiger partial charge in [-0.15, -0.1) is 0 Å². The zero-order chi connectivity index (χ0) is 19.3. The summed E-state index contributed by atoms with van der Waals surface area (Å²) in [7, 11) is -2.45. The first kappa shape index (κ1) is 18.4. The average molecular weight is 383 g/mol. The fraction of sp³-hybridized carbons (Fsp3) is 0.278. The molecule has 1 amide bonds. The Hall–Kier alpha value is -2.35. The number of halogens is 3. The molecule has 0 spiro atoms. The average Bonchev–Trinajstić information content (AvgIpc) is 2.76. The minimum absolute atomic E-state index is 0.0251. The summed E-state index contributed by atoms with van der Waals surface area (Å²) in [6, 6.07) is 10.5. The van der Waals surface area contributed by atoms with Crippen LogP contribution in [-0.4, -0.2) is 27.1 Å². The molecule has 0 aromatic heterocycles. The lowest BCUT2D eigenvalue weighted by molar-refractivity contribution is -0.137. The molecule has 2 aromatic rings. The summed E-state index contributed by atoms with van der Waals surface area (Å²) >= 11 is 0. The number of carbonyl (C=O) groups excluding carboxylic acids is 1. The molecule has 138 valence electrons. The van der Waals surface area contributed by atoms with Crippen molar-refractivity contribution < 1.29 is 26.4 Å². The number of anilines is 1. The lowest BCUT2D eigenvalue weighted by Gasteiger charge is -2.23. The van der Waals surface area contributed by atoms with Gasteiger partial charge in [0.1, 0.15) is 0 Å². The Morgan fingerprint density at radius 1 is 1.08 bits per heavy atom. The van der Waals surface area contributed by atoms with Crippen LogP contribution < -0.4 is 4.90 Å². The predicted octanol–water partition coefficient (Wildman–Crippen LogP) is 3.41. The fourth-order valence-electron chi connectivity index (χ4n) is 3.27. The molecule has 2 aromatic carbocycles. The zero-order valence-electron chi connectivity index (χ0n) is 14.0. The molecule has 0 saturated heterocycles. The van der Waals surface area contributed by atoms with E-state index in [9.17, 15) is 26.4 Å². The second-order valence-electron chi connectivity index (χ2n) is 6.50. The van der Waals surface area contributed by atoms with Crippen LogP contribution in [0.1, 0.15) is 18.1 Å². The Labute approximate surface area is 149 Å². The van der Waals surface area contributed by atoms with Crippen LogP contribution >= 0.6 is 0 Å². The van der Waals surface area contributed by atoms with Gasteiger partial charge in [-0.1, -0.05) is 18.2 Å². The third kappa shape index (κ3) is 2.88. The summed E-state index contributed by atoms with van der Waals surface area (Å²) in [5, 5.41) is 0. The van der Waals surface area contributed by atoms with E-state index >= 15 is 0 Å². The van der Waals surface area contributed by atoms with Crippen LogP contribution in [0.25, 0.3) is 0 Å². The molecule has 1 aliphatic rings. The van der Waals surface area contributed by atoms with Crippen LogP contribution in [0.3, 0.4) is 0 Å². The first-order valence-corrected chi connectivity index (χ1v) is 9.40. The highest BCUT2D eigenvalue weighted by Crippen LogP contribution is 2.45. The van der Waals surface area contributed by atoms with Crippen molar-refractivity contribution in [2.75, 3.05) is 17.7 Å². The van der Waals surface area contributed by atoms with E-state index < -0.39 is 38.7 Å². The van der Waals surface area contributed by atoms with Crippen molar-refractivity contribution in [3.05, 3.63) is 59.7 Å². The number of carbonyl (C=O) groups is 1. The van der Waals surface area contributed by atoms with Gasteiger partial charge in [0.15, 0.2) is 9.84 Å². The quantitative estimate of drug-likeness (QED) is 0.816. The topological polar surface area (TPSA) is 54.5 Å². The van der Waals surface area contributed by atoms with Crippen LogP contribution in [0, 0.1) is 0 Å². The molecule has 0 bridgehead atoms. The summed E-state index contributed by atoms with van der Waals surface area (Å²) < 4.78 is 64.8. The maximum absolute atomic E-state index is 13.1. The lowest BCUT2D eigenvalue weighted by atomic mass is 9.85. The van der Waals surface area contributed by atoms with Crippen molar-refractivity contribution >= 4 is 21.4 Å². The summed E-state index contributed by atoms with van der Waals surface area (Å²) in [6.45, 7) is 1.37. The van der Waals surface area contributed by atoms with Gasteiger partial charge in [-0.2, -0.15) is 13.2 Å². The normalized spacial score (nSPS) is 20.3. The van der Waals surface area contributed by atoms with Gasteiger partial charge in [0.25, 0.3) is 0 Å². The summed E-state index contributed by atoms with van der Waals surface area (Å²) in [5.74, 6) is -1.16. The maximum atomic E-state index is 13.1. The molecular weight excluding hydrogens is 367 g/mol. The number of amides is 1. The second kappa shape index (κ2) is 5.84. The Kier molecular flexibility index (Phi) is 4.14. The molecule has 1 atom stereocenters. The van der Waals surface area contributed by atoms with Crippen molar-refractivity contribution in [3.8, 4) is 0 Å². The largest absolute Gasteiger partial charge is 0.416 e. The highest BCUT2D eigenvalue weighted by molar-refractivity contribution is 7.91. The van der Waals surface area contributed by atoms with E-state index in [0.29, 0.717) is 0 Å². The minimum Gasteiger partial charge on any atom is -0.314 e. The van der Waals surface area contributed by atoms with Crippen molar-refractivity contribution in [2.24, 2.45) is 0 Å². The summed E-state index contributed by atoms with van der Waals surface area (Å²) in [4.78, 5) is 14.0. The van der Waals surface area contributed by atoms with Gasteiger partial charge in [-0.3, -0.25) is 4.79 Å². The van der Waals surface area contributed by atoms with Crippen LogP contribution in [0.5, 0.6) is 0 Å². The molecule has 3 rings (SSSR count). The zero-order valence-corrected chi connectivity index (χ0v) is 14.9. The van der Waals surface area contributed by atoms with Crippen molar-refractivity contribution in [2.45, 2.75) is 23.4 Å². The van der Waals surface area contributed by atoms with Gasteiger partial charge < -0.3 is 4.90 Å². The molecule has 0 radical (unpaired) electrons. The van der Waals surface area contributed by atoms with Gasteiger partial charge in [-0.25, -0.2) is 8.42 Å². The number of fused-ring (bicyclic) bond motifs is 1. The Morgan fingerprint density at radius 3 is 2.27 bits per heavy atom.